The summed E-state index contributed by atoms with van der Waals surface area (Å²) in [5.41, 5.74) is 7.66. The van der Waals surface area contributed by atoms with Crippen molar-refractivity contribution in [1.82, 2.24) is 0 Å². The molecule has 106 valence electrons. The summed E-state index contributed by atoms with van der Waals surface area (Å²) in [5, 5.41) is 6.91. The van der Waals surface area contributed by atoms with Crippen LogP contribution in [0.1, 0.15) is 22.3 Å². The summed E-state index contributed by atoms with van der Waals surface area (Å²) in [6, 6.07) is 13.1. The van der Waals surface area contributed by atoms with E-state index in [1.165, 1.54) is 33.6 Å². The predicted molar refractivity (Wildman–Crippen MR) is 88.8 cm³/mol. The Kier molecular flexibility index (Phi) is 4.67. The van der Waals surface area contributed by atoms with Gasteiger partial charge < -0.3 is 10.6 Å². The van der Waals surface area contributed by atoms with Crippen molar-refractivity contribution in [2.45, 2.75) is 27.7 Å². The van der Waals surface area contributed by atoms with Crippen LogP contribution >= 0.6 is 0 Å². The van der Waals surface area contributed by atoms with E-state index >= 15 is 0 Å². The second-order valence-corrected chi connectivity index (χ2v) is 5.53. The summed E-state index contributed by atoms with van der Waals surface area (Å²) < 4.78 is 0. The van der Waals surface area contributed by atoms with Crippen molar-refractivity contribution in [2.75, 3.05) is 23.7 Å². The molecule has 0 amide bonds. The van der Waals surface area contributed by atoms with Crippen LogP contribution < -0.4 is 10.6 Å². The molecule has 2 nitrogen and oxygen atoms in total. The lowest BCUT2D eigenvalue weighted by Gasteiger charge is -2.11. The van der Waals surface area contributed by atoms with Gasteiger partial charge in [0.25, 0.3) is 0 Å². The molecule has 0 spiro atoms. The van der Waals surface area contributed by atoms with E-state index in [9.17, 15) is 0 Å². The van der Waals surface area contributed by atoms with Crippen molar-refractivity contribution in [1.29, 1.82) is 0 Å². The molecule has 0 radical (unpaired) electrons. The van der Waals surface area contributed by atoms with E-state index in [0.717, 1.165) is 13.1 Å². The molecule has 0 bridgehead atoms. The third-order valence-electron chi connectivity index (χ3n) is 3.51. The number of hydrogen-bond donors (Lipinski definition) is 2. The van der Waals surface area contributed by atoms with E-state index in [-0.39, 0.29) is 0 Å². The van der Waals surface area contributed by atoms with Gasteiger partial charge in [0, 0.05) is 24.5 Å². The van der Waals surface area contributed by atoms with Gasteiger partial charge in [-0.3, -0.25) is 0 Å². The zero-order valence-electron chi connectivity index (χ0n) is 12.9. The number of benzene rings is 2. The number of nitrogens with one attached hydrogen (secondary N) is 2. The topological polar surface area (TPSA) is 24.1 Å². The lowest BCUT2D eigenvalue weighted by Crippen LogP contribution is -2.13. The highest BCUT2D eigenvalue weighted by Gasteiger charge is 1.97. The van der Waals surface area contributed by atoms with Gasteiger partial charge in [-0.15, -0.1) is 0 Å². The first-order valence-corrected chi connectivity index (χ1v) is 7.18. The van der Waals surface area contributed by atoms with Gasteiger partial charge in [-0.05, 0) is 74.2 Å². The van der Waals surface area contributed by atoms with E-state index in [2.05, 4.69) is 74.7 Å². The smallest absolute Gasteiger partial charge is 0.0346 e. The van der Waals surface area contributed by atoms with E-state index in [4.69, 9.17) is 0 Å². The average Bonchev–Trinajstić information content (AvgIpc) is 2.38. The van der Waals surface area contributed by atoms with Gasteiger partial charge in [0.05, 0.1) is 0 Å². The van der Waals surface area contributed by atoms with E-state index in [1.54, 1.807) is 0 Å². The van der Waals surface area contributed by atoms with Crippen LogP contribution in [-0.4, -0.2) is 13.1 Å². The molecule has 0 atom stereocenters. The maximum atomic E-state index is 3.46. The fraction of sp³-hybridized carbons (Fsp3) is 0.333. The van der Waals surface area contributed by atoms with Crippen LogP contribution in [0.4, 0.5) is 11.4 Å². The van der Waals surface area contributed by atoms with Crippen LogP contribution in [0, 0.1) is 27.7 Å². The molecule has 2 aromatic carbocycles. The first-order chi connectivity index (χ1) is 9.54. The maximum absolute atomic E-state index is 3.46. The Morgan fingerprint density at radius 2 is 1.25 bits per heavy atom. The normalized spacial score (nSPS) is 10.4. The lowest BCUT2D eigenvalue weighted by atomic mass is 10.1. The molecule has 0 aliphatic rings. The molecule has 0 saturated carbocycles. The number of rotatable bonds is 5. The second-order valence-electron chi connectivity index (χ2n) is 5.53. The van der Waals surface area contributed by atoms with Gasteiger partial charge in [-0.25, -0.2) is 0 Å². The SMILES string of the molecule is Cc1cc(C)cc(NCCNc2ccc(C)c(C)c2)c1. The van der Waals surface area contributed by atoms with Crippen molar-refractivity contribution in [3.05, 3.63) is 58.7 Å². The minimum absolute atomic E-state index is 0.912. The number of anilines is 2. The highest BCUT2D eigenvalue weighted by atomic mass is 14.9. The summed E-state index contributed by atoms with van der Waals surface area (Å²) >= 11 is 0. The third kappa shape index (κ3) is 4.02. The minimum Gasteiger partial charge on any atom is -0.383 e. The first kappa shape index (κ1) is 14.4. The van der Waals surface area contributed by atoms with Gasteiger partial charge in [0.15, 0.2) is 0 Å². The molecule has 0 fully saturated rings. The van der Waals surface area contributed by atoms with Crippen molar-refractivity contribution in [3.63, 3.8) is 0 Å². The number of aryl methyl sites for hydroxylation is 4. The van der Waals surface area contributed by atoms with Crippen LogP contribution in [0.15, 0.2) is 36.4 Å². The average molecular weight is 268 g/mol. The summed E-state index contributed by atoms with van der Waals surface area (Å²) in [6.07, 6.45) is 0. The van der Waals surface area contributed by atoms with Gasteiger partial charge in [0.2, 0.25) is 0 Å². The molecule has 20 heavy (non-hydrogen) atoms. The van der Waals surface area contributed by atoms with Crippen LogP contribution in [0.2, 0.25) is 0 Å². The molecular formula is C18H24N2. The lowest BCUT2D eigenvalue weighted by molar-refractivity contribution is 1.07. The summed E-state index contributed by atoms with van der Waals surface area (Å²) in [7, 11) is 0. The largest absolute Gasteiger partial charge is 0.383 e. The Morgan fingerprint density at radius 3 is 1.85 bits per heavy atom. The summed E-state index contributed by atoms with van der Waals surface area (Å²) in [6.45, 7) is 10.4. The molecule has 0 heterocycles. The monoisotopic (exact) mass is 268 g/mol. The highest BCUT2D eigenvalue weighted by molar-refractivity contribution is 5.50. The van der Waals surface area contributed by atoms with Crippen molar-refractivity contribution >= 4 is 11.4 Å². The zero-order chi connectivity index (χ0) is 14.5. The Balaban J connectivity index is 1.82. The molecule has 0 aliphatic carbocycles. The second kappa shape index (κ2) is 6.47. The Labute approximate surface area is 122 Å². The molecule has 0 aromatic heterocycles. The van der Waals surface area contributed by atoms with E-state index in [1.807, 2.05) is 0 Å². The maximum Gasteiger partial charge on any atom is 0.0346 e. The molecule has 0 unspecified atom stereocenters. The third-order valence-corrected chi connectivity index (χ3v) is 3.51. The summed E-state index contributed by atoms with van der Waals surface area (Å²) in [4.78, 5) is 0. The standard InChI is InChI=1S/C18H24N2/c1-13-9-14(2)11-18(10-13)20-8-7-19-17-6-5-15(3)16(4)12-17/h5-6,9-12,19-20H,7-8H2,1-4H3. The molecule has 0 saturated heterocycles. The van der Waals surface area contributed by atoms with Gasteiger partial charge in [0.1, 0.15) is 0 Å². The molecule has 0 aliphatic heterocycles. The fourth-order valence-corrected chi connectivity index (χ4v) is 2.34. The van der Waals surface area contributed by atoms with Crippen LogP contribution in [0.5, 0.6) is 0 Å². The Bertz CT molecular complexity index is 568. The van der Waals surface area contributed by atoms with Gasteiger partial charge in [-0.1, -0.05) is 12.1 Å². The first-order valence-electron chi connectivity index (χ1n) is 7.18. The van der Waals surface area contributed by atoms with E-state index in [0.29, 0.717) is 0 Å². The van der Waals surface area contributed by atoms with Crippen LogP contribution in [0.25, 0.3) is 0 Å². The molecule has 2 N–H and O–H groups in total. The van der Waals surface area contributed by atoms with Crippen LogP contribution in [0.3, 0.4) is 0 Å². The Morgan fingerprint density at radius 1 is 0.650 bits per heavy atom. The fourth-order valence-electron chi connectivity index (χ4n) is 2.34. The minimum atomic E-state index is 0.912. The molecular weight excluding hydrogens is 244 g/mol. The highest BCUT2D eigenvalue weighted by Crippen LogP contribution is 2.15. The quantitative estimate of drug-likeness (QED) is 0.783. The molecule has 2 aromatic rings. The van der Waals surface area contributed by atoms with Gasteiger partial charge in [-0.2, -0.15) is 0 Å². The van der Waals surface area contributed by atoms with Crippen molar-refractivity contribution < 1.29 is 0 Å². The van der Waals surface area contributed by atoms with Crippen molar-refractivity contribution in [3.8, 4) is 0 Å². The van der Waals surface area contributed by atoms with E-state index < -0.39 is 0 Å². The predicted octanol–water partition coefficient (Wildman–Crippen LogP) is 4.44. The molecule has 2 rings (SSSR count). The molecule has 2 heteroatoms. The Hall–Kier alpha value is -1.96. The van der Waals surface area contributed by atoms with Crippen LogP contribution in [-0.2, 0) is 0 Å². The zero-order valence-corrected chi connectivity index (χ0v) is 12.9. The summed E-state index contributed by atoms with van der Waals surface area (Å²) in [5.74, 6) is 0. The number of hydrogen-bond acceptors (Lipinski definition) is 2. The van der Waals surface area contributed by atoms with Crippen molar-refractivity contribution in [2.24, 2.45) is 0 Å². The van der Waals surface area contributed by atoms with Gasteiger partial charge >= 0.3 is 0 Å².